The zero-order chi connectivity index (χ0) is 6.57. The molecular weight excluding hydrogens is 116 g/mol. The first-order valence-corrected chi connectivity index (χ1v) is 3.46. The summed E-state index contributed by atoms with van der Waals surface area (Å²) in [6, 6.07) is 0. The van der Waals surface area contributed by atoms with Crippen LogP contribution in [0.15, 0.2) is 22.5 Å². The summed E-state index contributed by atoms with van der Waals surface area (Å²) in [6.07, 6.45) is 0. The van der Waals surface area contributed by atoms with Crippen molar-refractivity contribution in [2.75, 3.05) is 0 Å². The first kappa shape index (κ1) is 7.83. The number of allylic oxidation sites excluding steroid dienone is 2. The van der Waals surface area contributed by atoms with E-state index < -0.39 is 0 Å². The Bertz CT molecular complexity index is 108. The van der Waals surface area contributed by atoms with Crippen LogP contribution in [0.5, 0.6) is 0 Å². The lowest BCUT2D eigenvalue weighted by Gasteiger charge is -1.89. The summed E-state index contributed by atoms with van der Waals surface area (Å²) in [6.45, 7) is 9.91. The van der Waals surface area contributed by atoms with Gasteiger partial charge in [-0.1, -0.05) is 12.2 Å². The molecule has 8 heavy (non-hydrogen) atoms. The van der Waals surface area contributed by atoms with E-state index in [9.17, 15) is 0 Å². The van der Waals surface area contributed by atoms with Crippen molar-refractivity contribution in [2.24, 2.45) is 0 Å². The monoisotopic (exact) mass is 128 g/mol. The molecule has 0 aliphatic heterocycles. The molecule has 0 aromatic carbocycles. The molecule has 0 aromatic rings. The highest BCUT2D eigenvalue weighted by atomic mass is 32.2. The maximum atomic E-state index is 3.75. The fourth-order valence-electron chi connectivity index (χ4n) is 0.218. The van der Waals surface area contributed by atoms with Crippen LogP contribution in [-0.2, 0) is 0 Å². The summed E-state index contributed by atoms with van der Waals surface area (Å²) in [5, 5.41) is 2.10. The largest absolute Gasteiger partial charge is 0.104 e. The van der Waals surface area contributed by atoms with Gasteiger partial charge in [-0.15, -0.1) is 11.8 Å². The zero-order valence-electron chi connectivity index (χ0n) is 5.69. The molecule has 46 valence electrons. The Morgan fingerprint density at radius 2 is 1.88 bits per heavy atom. The second-order valence-electron chi connectivity index (χ2n) is 2.02. The van der Waals surface area contributed by atoms with Gasteiger partial charge >= 0.3 is 0 Å². The van der Waals surface area contributed by atoms with Gasteiger partial charge in [-0.25, -0.2) is 0 Å². The van der Waals surface area contributed by atoms with Crippen molar-refractivity contribution >= 4 is 11.8 Å². The molecule has 0 radical (unpaired) electrons. The van der Waals surface area contributed by atoms with Crippen LogP contribution in [0.2, 0.25) is 0 Å². The first-order valence-electron chi connectivity index (χ1n) is 2.58. The molecule has 0 unspecified atom stereocenters. The Morgan fingerprint density at radius 3 is 2.00 bits per heavy atom. The molecule has 0 atom stereocenters. The molecule has 0 aromatic heterocycles. The predicted molar refractivity (Wildman–Crippen MR) is 41.8 cm³/mol. The Labute approximate surface area is 55.7 Å². The molecule has 0 nitrogen and oxygen atoms in total. The Balaban J connectivity index is 3.45. The third-order valence-corrected chi connectivity index (χ3v) is 1.49. The zero-order valence-corrected chi connectivity index (χ0v) is 6.51. The van der Waals surface area contributed by atoms with E-state index in [1.54, 1.807) is 11.8 Å². The second kappa shape index (κ2) is 3.79. The van der Waals surface area contributed by atoms with Crippen molar-refractivity contribution in [3.05, 3.63) is 22.5 Å². The van der Waals surface area contributed by atoms with Gasteiger partial charge in [0, 0.05) is 0 Å². The molecule has 0 heterocycles. The molecule has 0 N–H and O–H groups in total. The molecule has 0 fully saturated rings. The maximum absolute atomic E-state index is 3.75. The predicted octanol–water partition coefficient (Wildman–Crippen LogP) is 3.18. The Morgan fingerprint density at radius 1 is 1.38 bits per heavy atom. The molecule has 0 bridgehead atoms. The second-order valence-corrected chi connectivity index (χ2v) is 3.18. The molecule has 0 rings (SSSR count). The van der Waals surface area contributed by atoms with Crippen molar-refractivity contribution < 1.29 is 0 Å². The minimum Gasteiger partial charge on any atom is -0.104 e. The van der Waals surface area contributed by atoms with Gasteiger partial charge in [-0.3, -0.25) is 0 Å². The van der Waals surface area contributed by atoms with Gasteiger partial charge in [0.2, 0.25) is 0 Å². The van der Waals surface area contributed by atoms with Gasteiger partial charge in [0.1, 0.15) is 0 Å². The van der Waals surface area contributed by atoms with Crippen LogP contribution in [0.1, 0.15) is 20.8 Å². The molecule has 0 aliphatic rings. The fraction of sp³-hybridized carbons (Fsp3) is 0.429. The standard InChI is InChI=1S/C7H12S/c1-6(2)5-8-7(3)4/h5H,3H2,1-2,4H3. The van der Waals surface area contributed by atoms with Gasteiger partial charge in [0.05, 0.1) is 0 Å². The lowest BCUT2D eigenvalue weighted by Crippen LogP contribution is -1.59. The SMILES string of the molecule is C=C(C)SC=C(C)C. The highest BCUT2D eigenvalue weighted by Crippen LogP contribution is 2.14. The topological polar surface area (TPSA) is 0 Å². The average Bonchev–Trinajstić information content (AvgIpc) is 1.61. The summed E-state index contributed by atoms with van der Waals surface area (Å²) < 4.78 is 0. The minimum atomic E-state index is 1.14. The van der Waals surface area contributed by atoms with Crippen LogP contribution in [-0.4, -0.2) is 0 Å². The fourth-order valence-corrected chi connectivity index (χ4v) is 0.655. The number of hydrogen-bond acceptors (Lipinski definition) is 1. The van der Waals surface area contributed by atoms with Gasteiger partial charge in [-0.2, -0.15) is 0 Å². The maximum Gasteiger partial charge on any atom is -0.0211 e. The molecule has 0 amide bonds. The van der Waals surface area contributed by atoms with E-state index >= 15 is 0 Å². The lowest BCUT2D eigenvalue weighted by molar-refractivity contribution is 1.41. The van der Waals surface area contributed by atoms with E-state index in [1.165, 1.54) is 5.57 Å². The van der Waals surface area contributed by atoms with Crippen molar-refractivity contribution in [3.63, 3.8) is 0 Å². The van der Waals surface area contributed by atoms with E-state index in [1.807, 2.05) is 6.92 Å². The normalized spacial score (nSPS) is 8.38. The van der Waals surface area contributed by atoms with Crippen LogP contribution in [0.4, 0.5) is 0 Å². The Hall–Kier alpha value is -0.170. The number of rotatable bonds is 2. The smallest absolute Gasteiger partial charge is 0.0211 e. The summed E-state index contributed by atoms with van der Waals surface area (Å²) in [4.78, 5) is 1.14. The minimum absolute atomic E-state index is 1.14. The number of thioether (sulfide) groups is 1. The highest BCUT2D eigenvalue weighted by molar-refractivity contribution is 8.05. The van der Waals surface area contributed by atoms with Gasteiger partial charge < -0.3 is 0 Å². The quantitative estimate of drug-likeness (QED) is 0.550. The van der Waals surface area contributed by atoms with E-state index in [-0.39, 0.29) is 0 Å². The summed E-state index contributed by atoms with van der Waals surface area (Å²) in [5.74, 6) is 0. The molecule has 0 spiro atoms. The van der Waals surface area contributed by atoms with Crippen LogP contribution in [0.3, 0.4) is 0 Å². The third-order valence-electron chi connectivity index (χ3n) is 0.496. The van der Waals surface area contributed by atoms with E-state index in [4.69, 9.17) is 0 Å². The van der Waals surface area contributed by atoms with Gasteiger partial charge in [-0.05, 0) is 31.1 Å². The lowest BCUT2D eigenvalue weighted by atomic mass is 10.4. The Kier molecular flexibility index (Phi) is 3.71. The average molecular weight is 128 g/mol. The van der Waals surface area contributed by atoms with E-state index in [0.29, 0.717) is 0 Å². The molecule has 0 saturated carbocycles. The van der Waals surface area contributed by atoms with Crippen LogP contribution in [0, 0.1) is 0 Å². The first-order chi connectivity index (χ1) is 3.63. The van der Waals surface area contributed by atoms with Gasteiger partial charge in [0.25, 0.3) is 0 Å². The van der Waals surface area contributed by atoms with Gasteiger partial charge in [0.15, 0.2) is 0 Å². The molecule has 1 heteroatoms. The third kappa shape index (κ3) is 5.83. The van der Waals surface area contributed by atoms with Crippen LogP contribution >= 0.6 is 11.8 Å². The van der Waals surface area contributed by atoms with Crippen molar-refractivity contribution in [1.29, 1.82) is 0 Å². The van der Waals surface area contributed by atoms with Crippen LogP contribution < -0.4 is 0 Å². The van der Waals surface area contributed by atoms with Crippen molar-refractivity contribution in [1.82, 2.24) is 0 Å². The van der Waals surface area contributed by atoms with Crippen molar-refractivity contribution in [3.8, 4) is 0 Å². The van der Waals surface area contributed by atoms with E-state index in [0.717, 1.165) is 4.91 Å². The van der Waals surface area contributed by atoms with E-state index in [2.05, 4.69) is 25.8 Å². The summed E-state index contributed by atoms with van der Waals surface area (Å²) in [5.41, 5.74) is 1.33. The van der Waals surface area contributed by atoms with Crippen LogP contribution in [0.25, 0.3) is 0 Å². The summed E-state index contributed by atoms with van der Waals surface area (Å²) >= 11 is 1.68. The number of hydrogen-bond donors (Lipinski definition) is 0. The molecule has 0 saturated heterocycles. The summed E-state index contributed by atoms with van der Waals surface area (Å²) in [7, 11) is 0. The molecular formula is C7H12S. The highest BCUT2D eigenvalue weighted by Gasteiger charge is 1.79. The molecule has 0 aliphatic carbocycles. The van der Waals surface area contributed by atoms with Crippen molar-refractivity contribution in [2.45, 2.75) is 20.8 Å².